The molecule has 0 spiro atoms. The second kappa shape index (κ2) is 6.46. The van der Waals surface area contributed by atoms with E-state index >= 15 is 0 Å². The highest BCUT2D eigenvalue weighted by atomic mass is 32.2. The molecule has 2 unspecified atom stereocenters. The maximum absolute atomic E-state index is 12.7. The number of rotatable bonds is 4. The highest BCUT2D eigenvalue weighted by molar-refractivity contribution is 7.89. The summed E-state index contributed by atoms with van der Waals surface area (Å²) in [6, 6.07) is 7.71. The molecule has 0 saturated carbocycles. The van der Waals surface area contributed by atoms with E-state index in [1.54, 1.807) is 16.4 Å². The van der Waals surface area contributed by atoms with E-state index < -0.39 is 10.0 Å². The quantitative estimate of drug-likeness (QED) is 0.928. The predicted octanol–water partition coefficient (Wildman–Crippen LogP) is 2.26. The number of hydrogen-bond donors (Lipinski definition) is 1. The van der Waals surface area contributed by atoms with Crippen molar-refractivity contribution in [3.8, 4) is 0 Å². The van der Waals surface area contributed by atoms with E-state index in [1.807, 2.05) is 26.0 Å². The first-order valence-corrected chi connectivity index (χ1v) is 9.08. The normalized spacial score (nSPS) is 24.4. The maximum Gasteiger partial charge on any atom is 0.243 e. The summed E-state index contributed by atoms with van der Waals surface area (Å²) in [5, 5.41) is 3.36. The van der Waals surface area contributed by atoms with Crippen molar-refractivity contribution in [2.75, 3.05) is 13.1 Å². The van der Waals surface area contributed by atoms with Gasteiger partial charge in [-0.1, -0.05) is 26.0 Å². The minimum absolute atomic E-state index is 0.184. The second-order valence-electron chi connectivity index (χ2n) is 6.53. The lowest BCUT2D eigenvalue weighted by Crippen LogP contribution is -2.55. The van der Waals surface area contributed by atoms with Gasteiger partial charge in [0.05, 0.1) is 4.90 Å². The highest BCUT2D eigenvalue weighted by Gasteiger charge is 2.31. The van der Waals surface area contributed by atoms with Crippen LogP contribution >= 0.6 is 0 Å². The fraction of sp³-hybridized carbons (Fsp3) is 0.625. The molecule has 5 heteroatoms. The van der Waals surface area contributed by atoms with Gasteiger partial charge in [0.1, 0.15) is 0 Å². The van der Waals surface area contributed by atoms with Gasteiger partial charge >= 0.3 is 0 Å². The van der Waals surface area contributed by atoms with E-state index in [2.05, 4.69) is 19.2 Å². The second-order valence-corrected chi connectivity index (χ2v) is 8.47. The minimum Gasteiger partial charge on any atom is -0.309 e. The average Bonchev–Trinajstić information content (AvgIpc) is 2.37. The van der Waals surface area contributed by atoms with Crippen LogP contribution in [0.1, 0.15) is 33.3 Å². The average molecular weight is 310 g/mol. The molecule has 0 bridgehead atoms. The SMILES string of the molecule is CC(C)Cc1ccc(S(=O)(=O)N2CC(C)NC(C)C2)cc1. The van der Waals surface area contributed by atoms with E-state index in [4.69, 9.17) is 0 Å². The van der Waals surface area contributed by atoms with Gasteiger partial charge in [-0.2, -0.15) is 4.31 Å². The zero-order chi connectivity index (χ0) is 15.6. The van der Waals surface area contributed by atoms with Crippen molar-refractivity contribution in [2.45, 2.75) is 51.1 Å². The summed E-state index contributed by atoms with van der Waals surface area (Å²) >= 11 is 0. The molecular weight excluding hydrogens is 284 g/mol. The van der Waals surface area contributed by atoms with E-state index in [-0.39, 0.29) is 12.1 Å². The van der Waals surface area contributed by atoms with Crippen molar-refractivity contribution in [3.05, 3.63) is 29.8 Å². The van der Waals surface area contributed by atoms with E-state index in [0.717, 1.165) is 6.42 Å². The van der Waals surface area contributed by atoms with Crippen LogP contribution in [0.2, 0.25) is 0 Å². The highest BCUT2D eigenvalue weighted by Crippen LogP contribution is 2.20. The molecule has 118 valence electrons. The smallest absolute Gasteiger partial charge is 0.243 e. The van der Waals surface area contributed by atoms with Gasteiger partial charge in [-0.15, -0.1) is 0 Å². The Labute approximate surface area is 128 Å². The summed E-state index contributed by atoms with van der Waals surface area (Å²) < 4.78 is 27.0. The molecule has 0 amide bonds. The van der Waals surface area contributed by atoms with Crippen molar-refractivity contribution in [1.29, 1.82) is 0 Å². The fourth-order valence-electron chi connectivity index (χ4n) is 2.89. The van der Waals surface area contributed by atoms with Crippen LogP contribution in [0.4, 0.5) is 0 Å². The molecule has 1 saturated heterocycles. The van der Waals surface area contributed by atoms with E-state index in [1.165, 1.54) is 5.56 Å². The van der Waals surface area contributed by atoms with Crippen LogP contribution in [0.15, 0.2) is 29.2 Å². The van der Waals surface area contributed by atoms with Crippen LogP contribution in [-0.4, -0.2) is 37.9 Å². The van der Waals surface area contributed by atoms with Crippen molar-refractivity contribution in [1.82, 2.24) is 9.62 Å². The molecule has 0 aliphatic carbocycles. The molecule has 0 aromatic heterocycles. The molecule has 1 aliphatic rings. The molecule has 2 rings (SSSR count). The summed E-state index contributed by atoms with van der Waals surface area (Å²) in [6.07, 6.45) is 0.974. The Kier molecular flexibility index (Phi) is 5.07. The lowest BCUT2D eigenvalue weighted by atomic mass is 10.0. The van der Waals surface area contributed by atoms with Gasteiger partial charge in [0.2, 0.25) is 10.0 Å². The molecule has 2 atom stereocenters. The molecule has 4 nitrogen and oxygen atoms in total. The Morgan fingerprint density at radius 3 is 2.14 bits per heavy atom. The number of benzene rings is 1. The zero-order valence-electron chi connectivity index (χ0n) is 13.3. The summed E-state index contributed by atoms with van der Waals surface area (Å²) in [5.74, 6) is 0.572. The van der Waals surface area contributed by atoms with Gasteiger partial charge in [-0.3, -0.25) is 0 Å². The van der Waals surface area contributed by atoms with Gasteiger partial charge in [0.15, 0.2) is 0 Å². The first kappa shape index (κ1) is 16.5. The molecule has 1 aromatic rings. The largest absolute Gasteiger partial charge is 0.309 e. The van der Waals surface area contributed by atoms with Gasteiger partial charge in [0, 0.05) is 25.2 Å². The van der Waals surface area contributed by atoms with Crippen LogP contribution < -0.4 is 5.32 Å². The summed E-state index contributed by atoms with van der Waals surface area (Å²) in [7, 11) is -3.38. The molecule has 1 aliphatic heterocycles. The van der Waals surface area contributed by atoms with Gasteiger partial charge in [-0.25, -0.2) is 8.42 Å². The molecule has 1 heterocycles. The number of sulfonamides is 1. The third kappa shape index (κ3) is 4.05. The standard InChI is InChI=1S/C16H26N2O2S/c1-12(2)9-15-5-7-16(8-6-15)21(19,20)18-10-13(3)17-14(4)11-18/h5-8,12-14,17H,9-11H2,1-4H3. The maximum atomic E-state index is 12.7. The Morgan fingerprint density at radius 2 is 1.67 bits per heavy atom. The van der Waals surface area contributed by atoms with Crippen molar-refractivity contribution >= 4 is 10.0 Å². The lowest BCUT2D eigenvalue weighted by Gasteiger charge is -2.35. The molecule has 21 heavy (non-hydrogen) atoms. The van der Waals surface area contributed by atoms with E-state index in [0.29, 0.717) is 23.9 Å². The summed E-state index contributed by atoms with van der Waals surface area (Å²) in [5.41, 5.74) is 1.19. The molecule has 1 fully saturated rings. The van der Waals surface area contributed by atoms with Crippen molar-refractivity contribution in [2.24, 2.45) is 5.92 Å². The Hall–Kier alpha value is -0.910. The summed E-state index contributed by atoms with van der Waals surface area (Å²) in [4.78, 5) is 0.399. The predicted molar refractivity (Wildman–Crippen MR) is 85.8 cm³/mol. The topological polar surface area (TPSA) is 49.4 Å². The monoisotopic (exact) mass is 310 g/mol. The third-order valence-corrected chi connectivity index (χ3v) is 5.57. The van der Waals surface area contributed by atoms with Crippen LogP contribution in [0.25, 0.3) is 0 Å². The van der Waals surface area contributed by atoms with Gasteiger partial charge in [0.25, 0.3) is 0 Å². The lowest BCUT2D eigenvalue weighted by molar-refractivity contribution is 0.263. The first-order valence-electron chi connectivity index (χ1n) is 7.64. The molecular formula is C16H26N2O2S. The Bertz CT molecular complexity index is 556. The molecule has 1 aromatic carbocycles. The van der Waals surface area contributed by atoms with Crippen molar-refractivity contribution in [3.63, 3.8) is 0 Å². The van der Waals surface area contributed by atoms with Crippen LogP contribution in [-0.2, 0) is 16.4 Å². The minimum atomic E-state index is -3.38. The summed E-state index contributed by atoms with van der Waals surface area (Å²) in [6.45, 7) is 9.41. The third-order valence-electron chi connectivity index (χ3n) is 3.73. The Balaban J connectivity index is 2.19. The van der Waals surface area contributed by atoms with Crippen LogP contribution in [0.3, 0.4) is 0 Å². The fourth-order valence-corrected chi connectivity index (χ4v) is 4.51. The number of hydrogen-bond acceptors (Lipinski definition) is 3. The molecule has 0 radical (unpaired) electrons. The first-order chi connectivity index (χ1) is 9.79. The van der Waals surface area contributed by atoms with E-state index in [9.17, 15) is 8.42 Å². The van der Waals surface area contributed by atoms with Gasteiger partial charge in [-0.05, 0) is 43.9 Å². The Morgan fingerprint density at radius 1 is 1.14 bits per heavy atom. The zero-order valence-corrected chi connectivity index (χ0v) is 14.2. The van der Waals surface area contributed by atoms with Crippen LogP contribution in [0, 0.1) is 5.92 Å². The van der Waals surface area contributed by atoms with Crippen LogP contribution in [0.5, 0.6) is 0 Å². The molecule has 1 N–H and O–H groups in total. The van der Waals surface area contributed by atoms with Gasteiger partial charge < -0.3 is 5.32 Å². The number of nitrogens with one attached hydrogen (secondary N) is 1. The number of piperazine rings is 1. The number of nitrogens with zero attached hydrogens (tertiary/aromatic N) is 1. The van der Waals surface area contributed by atoms with Crippen molar-refractivity contribution < 1.29 is 8.42 Å².